The van der Waals surface area contributed by atoms with Gasteiger partial charge in [-0.15, -0.1) is 10.6 Å². The van der Waals surface area contributed by atoms with Gasteiger partial charge in [-0.1, -0.05) is 95.5 Å². The smallest absolute Gasteiger partial charge is 0.418 e. The second kappa shape index (κ2) is 24.2. The Morgan fingerprint density at radius 1 is 0.553 bits per heavy atom. The predicted molar refractivity (Wildman–Crippen MR) is 197 cm³/mol. The molecule has 2 aliphatic heterocycles. The minimum Gasteiger partial charge on any atom is -0.418 e. The first kappa shape index (κ1) is 47.0. The maximum Gasteiger partial charge on any atom is 2.00 e. The molecule has 2 saturated heterocycles. The molecule has 0 N–H and O–H groups in total. The fourth-order valence-corrected chi connectivity index (χ4v) is 14.9. The Morgan fingerprint density at radius 3 is 0.957 bits per heavy atom. The van der Waals surface area contributed by atoms with Gasteiger partial charge in [0.1, 0.15) is 0 Å². The molecule has 0 amide bonds. The molecule has 5 rings (SSSR count). The summed E-state index contributed by atoms with van der Waals surface area (Å²) in [5.41, 5.74) is 3.85. The summed E-state index contributed by atoms with van der Waals surface area (Å²) in [6, 6.07) is 18.3. The molecule has 4 unspecified atom stereocenters. The van der Waals surface area contributed by atoms with Gasteiger partial charge in [0.05, 0.1) is 0 Å². The molecule has 2 heterocycles. The Bertz CT molecular complexity index is 954. The third-order valence-corrected chi connectivity index (χ3v) is 17.3. The van der Waals surface area contributed by atoms with Crippen molar-refractivity contribution in [2.24, 2.45) is 23.7 Å². The number of hydrogen-bond donors (Lipinski definition) is 0. The summed E-state index contributed by atoms with van der Waals surface area (Å²) in [4.78, 5) is 0. The molecule has 271 valence electrons. The van der Waals surface area contributed by atoms with Crippen molar-refractivity contribution in [3.8, 4) is 0 Å². The van der Waals surface area contributed by atoms with Crippen LogP contribution in [0.1, 0.15) is 107 Å². The van der Waals surface area contributed by atoms with Crippen molar-refractivity contribution < 1.29 is 53.8 Å². The van der Waals surface area contributed by atoms with Crippen LogP contribution in [0.5, 0.6) is 0 Å². The van der Waals surface area contributed by atoms with Crippen molar-refractivity contribution >= 4 is 33.7 Å². The summed E-state index contributed by atoms with van der Waals surface area (Å²) < 4.78 is 39.0. The second-order valence-electron chi connectivity index (χ2n) is 14.1. The van der Waals surface area contributed by atoms with Crippen LogP contribution in [-0.4, -0.2) is 29.9 Å². The average molecular weight is 824 g/mol. The maximum atomic E-state index is 9.75. The largest absolute Gasteiger partial charge is 2.00 e. The van der Waals surface area contributed by atoms with Crippen LogP contribution in [-0.2, 0) is 36.5 Å². The van der Waals surface area contributed by atoms with Gasteiger partial charge in [-0.25, -0.2) is 24.3 Å². The van der Waals surface area contributed by atoms with E-state index in [0.29, 0.717) is 0 Å². The Balaban J connectivity index is 0.000000643. The van der Waals surface area contributed by atoms with E-state index in [0.717, 1.165) is 46.3 Å². The van der Waals surface area contributed by atoms with Gasteiger partial charge in [-0.2, -0.15) is 24.3 Å². The molecule has 0 aromatic heterocycles. The third-order valence-electron chi connectivity index (χ3n) is 9.24. The summed E-state index contributed by atoms with van der Waals surface area (Å²) in [5.74, 6) is 3.41. The van der Waals surface area contributed by atoms with Crippen molar-refractivity contribution in [2.75, 3.05) is 0 Å². The molecule has 0 bridgehead atoms. The normalized spacial score (nSPS) is 26.8. The summed E-state index contributed by atoms with van der Waals surface area (Å²) in [6.45, 7) is 19.3. The summed E-state index contributed by atoms with van der Waals surface area (Å²) in [5, 5.41) is 3.31. The Morgan fingerprint density at radius 2 is 0.787 bits per heavy atom. The van der Waals surface area contributed by atoms with E-state index in [1.54, 1.807) is 10.6 Å². The summed E-state index contributed by atoms with van der Waals surface area (Å²) in [7, 11) is -5.82. The standard InChI is InChI=1S/2C15H24P.C8H12.BF4.Fe.Rh/c2*1-11(2)14-9-10-15(12(3)4)16(14)13-7-5-6-8-13;1-2-4-6-8-7-5-3-1;2-1(3,4)5;;/h2*5-8,11-12,14-15H,9-10H2,1-4H3;1-2,7-8H,3-6H2;;;/q2*-1;;-1;+2;/b;;2-1-,8-7-;;;. The maximum absolute atomic E-state index is 9.75. The molecule has 0 spiro atoms. The molecule has 0 saturated carbocycles. The SMILES string of the molecule is C1=C\CC/C=C\CC/1.CC(C)C1CCC(C(C)C)P1c1ccc[cH-]1.CC(C)C1CCC(C(C)C)P1c1ccc[cH-]1.F[B-](F)(F)F.[Fe+2].[Rh]. The molecule has 2 aromatic carbocycles. The van der Waals surface area contributed by atoms with Crippen molar-refractivity contribution in [3.05, 3.63) is 72.8 Å². The zero-order valence-electron chi connectivity index (χ0n) is 29.9. The Kier molecular flexibility index (Phi) is 24.2. The molecular formula is C38H60BF4FeP2Rh-. The third kappa shape index (κ3) is 17.2. The van der Waals surface area contributed by atoms with Crippen molar-refractivity contribution in [3.63, 3.8) is 0 Å². The van der Waals surface area contributed by atoms with Crippen LogP contribution in [0.25, 0.3) is 0 Å². The molecule has 2 aromatic rings. The van der Waals surface area contributed by atoms with E-state index in [9.17, 15) is 17.3 Å². The molecule has 2 fully saturated rings. The topological polar surface area (TPSA) is 0 Å². The predicted octanol–water partition coefficient (Wildman–Crippen LogP) is 12.7. The molecule has 3 aliphatic rings. The van der Waals surface area contributed by atoms with Gasteiger partial charge < -0.3 is 17.3 Å². The summed E-state index contributed by atoms with van der Waals surface area (Å²) >= 11 is 0. The van der Waals surface area contributed by atoms with Crippen LogP contribution in [0, 0.1) is 23.7 Å². The quantitative estimate of drug-likeness (QED) is 0.0895. The molecule has 47 heavy (non-hydrogen) atoms. The monoisotopic (exact) mass is 824 g/mol. The van der Waals surface area contributed by atoms with E-state index in [1.807, 2.05) is 0 Å². The average Bonchev–Trinajstić information content (AvgIpc) is 3.73. The first-order valence-electron chi connectivity index (χ1n) is 17.4. The van der Waals surface area contributed by atoms with Crippen molar-refractivity contribution in [2.45, 2.75) is 129 Å². The Hall–Kier alpha value is -0.0322. The van der Waals surface area contributed by atoms with Crippen molar-refractivity contribution in [1.29, 1.82) is 0 Å². The van der Waals surface area contributed by atoms with Gasteiger partial charge >= 0.3 is 24.3 Å². The molecular weight excluding hydrogens is 764 g/mol. The number of hydrogen-bond acceptors (Lipinski definition) is 0. The van der Waals surface area contributed by atoms with Crippen LogP contribution in [0.15, 0.2) is 72.8 Å². The van der Waals surface area contributed by atoms with Gasteiger partial charge in [0.25, 0.3) is 0 Å². The van der Waals surface area contributed by atoms with Crippen LogP contribution in [0.4, 0.5) is 17.3 Å². The van der Waals surface area contributed by atoms with E-state index in [4.69, 9.17) is 0 Å². The minimum atomic E-state index is -6.00. The molecule has 0 nitrogen and oxygen atoms in total. The van der Waals surface area contributed by atoms with E-state index < -0.39 is 7.25 Å². The van der Waals surface area contributed by atoms with E-state index in [2.05, 4.69) is 128 Å². The van der Waals surface area contributed by atoms with Gasteiger partial charge in [-0.3, -0.25) is 0 Å². The molecule has 1 aliphatic carbocycles. The van der Waals surface area contributed by atoms with Crippen LogP contribution in [0.3, 0.4) is 0 Å². The Labute approximate surface area is 311 Å². The summed E-state index contributed by atoms with van der Waals surface area (Å²) in [6.07, 6.45) is 19.8. The van der Waals surface area contributed by atoms with Gasteiger partial charge in [0, 0.05) is 19.5 Å². The van der Waals surface area contributed by atoms with E-state index in [-0.39, 0.29) is 52.4 Å². The molecule has 1 radical (unpaired) electrons. The fourth-order valence-electron chi connectivity index (χ4n) is 7.04. The van der Waals surface area contributed by atoms with Crippen molar-refractivity contribution in [1.82, 2.24) is 0 Å². The van der Waals surface area contributed by atoms with Gasteiger partial charge in [0.2, 0.25) is 0 Å². The first-order chi connectivity index (χ1) is 21.2. The zero-order valence-corrected chi connectivity index (χ0v) is 34.4. The van der Waals surface area contributed by atoms with E-state index in [1.165, 1.54) is 51.4 Å². The first-order valence-corrected chi connectivity index (χ1v) is 20.4. The van der Waals surface area contributed by atoms with Crippen LogP contribution >= 0.6 is 15.8 Å². The van der Waals surface area contributed by atoms with Gasteiger partial charge in [0.15, 0.2) is 0 Å². The van der Waals surface area contributed by atoms with Crippen LogP contribution in [0.2, 0.25) is 0 Å². The van der Waals surface area contributed by atoms with E-state index >= 15 is 0 Å². The molecule has 4 atom stereocenters. The van der Waals surface area contributed by atoms with Crippen LogP contribution < -0.4 is 10.6 Å². The fraction of sp³-hybridized carbons (Fsp3) is 0.632. The number of rotatable bonds is 6. The number of halogens is 4. The minimum absolute atomic E-state index is 0. The number of allylic oxidation sites excluding steroid dienone is 4. The zero-order chi connectivity index (χ0) is 33.6. The second-order valence-corrected chi connectivity index (χ2v) is 19.4. The molecule has 9 heteroatoms. The van der Waals surface area contributed by atoms with Gasteiger partial charge in [-0.05, 0) is 97.7 Å².